The van der Waals surface area contributed by atoms with Crippen LogP contribution in [0.15, 0.2) is 19.0 Å². The lowest BCUT2D eigenvalue weighted by Gasteiger charge is -1.76. The Balaban J connectivity index is 3.05. The summed E-state index contributed by atoms with van der Waals surface area (Å²) < 4.78 is 1.43. The van der Waals surface area contributed by atoms with Crippen molar-refractivity contribution < 1.29 is 4.57 Å². The molecular weight excluding hydrogens is 102 g/mol. The monoisotopic (exact) mass is 106 g/mol. The van der Waals surface area contributed by atoms with E-state index < -0.39 is 0 Å². The molecule has 0 aliphatic heterocycles. The Hall–Kier alpha value is -1.43. The van der Waals surface area contributed by atoms with Gasteiger partial charge in [-0.25, -0.2) is 0 Å². The molecule has 0 aromatic carbocycles. The number of aromatic nitrogens is 3. The first-order chi connectivity index (χ1) is 3.93. The second-order valence-electron chi connectivity index (χ2n) is 1.18. The van der Waals surface area contributed by atoms with Crippen LogP contribution in [-0.2, 0) is 0 Å². The van der Waals surface area contributed by atoms with Gasteiger partial charge in [0.2, 0.25) is 12.7 Å². The van der Waals surface area contributed by atoms with E-state index in [4.69, 9.17) is 6.42 Å². The topological polar surface area (TPSA) is 29.7 Å². The van der Waals surface area contributed by atoms with E-state index in [0.29, 0.717) is 0 Å². The molecule has 0 radical (unpaired) electrons. The largest absolute Gasteiger partial charge is 0.263 e. The number of hydrogen-bond acceptors (Lipinski definition) is 2. The van der Waals surface area contributed by atoms with Gasteiger partial charge in [-0.3, -0.25) is 0 Å². The van der Waals surface area contributed by atoms with Crippen LogP contribution in [0.1, 0.15) is 0 Å². The maximum absolute atomic E-state index is 4.98. The first-order valence-corrected chi connectivity index (χ1v) is 2.06. The summed E-state index contributed by atoms with van der Waals surface area (Å²) in [4.78, 5) is 7.33. The van der Waals surface area contributed by atoms with Gasteiger partial charge in [-0.1, -0.05) is 16.4 Å². The molecule has 0 spiro atoms. The maximum atomic E-state index is 4.98. The van der Waals surface area contributed by atoms with E-state index in [1.807, 2.05) is 0 Å². The van der Waals surface area contributed by atoms with Crippen LogP contribution in [0.2, 0.25) is 0 Å². The fourth-order valence-corrected chi connectivity index (χ4v) is 0.338. The van der Waals surface area contributed by atoms with E-state index in [1.54, 1.807) is 0 Å². The van der Waals surface area contributed by atoms with Gasteiger partial charge in [0.15, 0.2) is 0 Å². The minimum atomic E-state index is 1.42. The molecule has 0 unspecified atom stereocenters. The van der Waals surface area contributed by atoms with Crippen molar-refractivity contribution in [1.29, 1.82) is 0 Å². The molecule has 0 atom stereocenters. The Morgan fingerprint density at radius 2 is 2.00 bits per heavy atom. The van der Waals surface area contributed by atoms with Gasteiger partial charge in [-0.05, 0) is 0 Å². The fourth-order valence-electron chi connectivity index (χ4n) is 0.338. The van der Waals surface area contributed by atoms with E-state index in [2.05, 4.69) is 16.0 Å². The third-order valence-electron chi connectivity index (χ3n) is 0.665. The van der Waals surface area contributed by atoms with E-state index in [-0.39, 0.29) is 0 Å². The van der Waals surface area contributed by atoms with Gasteiger partial charge in [-0.2, -0.15) is 4.57 Å². The van der Waals surface area contributed by atoms with Crippen molar-refractivity contribution >= 4 is 0 Å². The average molecular weight is 106 g/mol. The van der Waals surface area contributed by atoms with E-state index in [9.17, 15) is 0 Å². The first-order valence-electron chi connectivity index (χ1n) is 2.06. The summed E-state index contributed by atoms with van der Waals surface area (Å²) >= 11 is 0. The lowest BCUT2D eigenvalue weighted by molar-refractivity contribution is -0.590. The fraction of sp³-hybridized carbons (Fsp3) is 0. The minimum absolute atomic E-state index is 1.42. The van der Waals surface area contributed by atoms with Crippen LogP contribution in [-0.4, -0.2) is 9.97 Å². The van der Waals surface area contributed by atoms with Crippen molar-refractivity contribution in [2.45, 2.75) is 0 Å². The lowest BCUT2D eigenvalue weighted by atomic mass is 10.9. The van der Waals surface area contributed by atoms with E-state index >= 15 is 0 Å². The summed E-state index contributed by atoms with van der Waals surface area (Å²) in [6.07, 6.45) is 9.42. The summed E-state index contributed by atoms with van der Waals surface area (Å²) in [5, 5.41) is 0. The van der Waals surface area contributed by atoms with Crippen molar-refractivity contribution in [1.82, 2.24) is 9.97 Å². The summed E-state index contributed by atoms with van der Waals surface area (Å²) in [5.74, 6) is 0. The summed E-state index contributed by atoms with van der Waals surface area (Å²) in [7, 11) is 0. The van der Waals surface area contributed by atoms with Crippen molar-refractivity contribution in [3.63, 3.8) is 0 Å². The Bertz CT molecular complexity index is 199. The van der Waals surface area contributed by atoms with E-state index in [0.717, 1.165) is 0 Å². The molecule has 38 valence electrons. The highest BCUT2D eigenvalue weighted by Gasteiger charge is 1.84. The summed E-state index contributed by atoms with van der Waals surface area (Å²) in [6.45, 7) is 0. The second kappa shape index (κ2) is 2.03. The van der Waals surface area contributed by atoms with Crippen molar-refractivity contribution in [3.8, 4) is 12.5 Å². The number of nitrogens with zero attached hydrogens (tertiary/aromatic N) is 3. The SMILES string of the molecule is C#C[n+]1cncnc1. The molecule has 0 bridgehead atoms. The lowest BCUT2D eigenvalue weighted by Crippen LogP contribution is -2.27. The predicted molar refractivity (Wildman–Crippen MR) is 26.5 cm³/mol. The van der Waals surface area contributed by atoms with Crippen LogP contribution in [0, 0.1) is 12.5 Å². The van der Waals surface area contributed by atoms with Gasteiger partial charge >= 0.3 is 0 Å². The molecule has 1 heterocycles. The maximum Gasteiger partial charge on any atom is 0.263 e. The van der Waals surface area contributed by atoms with Crippen LogP contribution in [0.3, 0.4) is 0 Å². The standard InChI is InChI=1S/C5H4N3/c1-2-8-4-6-3-7-5-8/h1,3-5H/q+1. The van der Waals surface area contributed by atoms with Crippen molar-refractivity contribution in [3.05, 3.63) is 19.0 Å². The third kappa shape index (κ3) is 0.793. The molecule has 1 rings (SSSR count). The Kier molecular flexibility index (Phi) is 1.20. The zero-order chi connectivity index (χ0) is 5.82. The normalized spacial score (nSPS) is 7.88. The van der Waals surface area contributed by atoms with Crippen molar-refractivity contribution in [2.24, 2.45) is 0 Å². The molecular formula is C5H4N3+. The van der Waals surface area contributed by atoms with Crippen LogP contribution in [0.5, 0.6) is 0 Å². The molecule has 1 aromatic heterocycles. The smallest absolute Gasteiger partial charge is 0.160 e. The quantitative estimate of drug-likeness (QED) is 0.320. The highest BCUT2D eigenvalue weighted by molar-refractivity contribution is 4.65. The van der Waals surface area contributed by atoms with Crippen molar-refractivity contribution in [2.75, 3.05) is 0 Å². The molecule has 0 saturated carbocycles. The third-order valence-corrected chi connectivity index (χ3v) is 0.665. The Labute approximate surface area is 47.0 Å². The minimum Gasteiger partial charge on any atom is -0.160 e. The molecule has 0 amide bonds. The molecule has 1 aromatic rings. The van der Waals surface area contributed by atoms with Gasteiger partial charge in [0.25, 0.3) is 6.33 Å². The molecule has 0 saturated heterocycles. The number of terminal acetylenes is 1. The van der Waals surface area contributed by atoms with Crippen LogP contribution < -0.4 is 4.57 Å². The summed E-state index contributed by atoms with van der Waals surface area (Å²) in [6, 6.07) is 2.32. The molecule has 3 nitrogen and oxygen atoms in total. The zero-order valence-corrected chi connectivity index (χ0v) is 4.15. The highest BCUT2D eigenvalue weighted by atomic mass is 15.0. The molecule has 0 fully saturated rings. The first kappa shape index (κ1) is 4.72. The van der Waals surface area contributed by atoms with Gasteiger partial charge < -0.3 is 0 Å². The number of rotatable bonds is 0. The van der Waals surface area contributed by atoms with Crippen LogP contribution in [0.4, 0.5) is 0 Å². The van der Waals surface area contributed by atoms with Gasteiger partial charge in [0.1, 0.15) is 0 Å². The Morgan fingerprint density at radius 3 is 2.38 bits per heavy atom. The molecule has 0 aliphatic rings. The molecule has 3 heteroatoms. The predicted octanol–water partition coefficient (Wildman–Crippen LogP) is -0.797. The van der Waals surface area contributed by atoms with E-state index in [1.165, 1.54) is 23.5 Å². The van der Waals surface area contributed by atoms with Gasteiger partial charge in [-0.15, -0.1) is 0 Å². The average Bonchev–Trinajstić information content (AvgIpc) is 1.90. The van der Waals surface area contributed by atoms with Crippen LogP contribution in [0.25, 0.3) is 0 Å². The second-order valence-corrected chi connectivity index (χ2v) is 1.18. The van der Waals surface area contributed by atoms with Crippen LogP contribution >= 0.6 is 0 Å². The molecule has 0 aliphatic carbocycles. The Morgan fingerprint density at radius 1 is 1.38 bits per heavy atom. The van der Waals surface area contributed by atoms with Gasteiger partial charge in [0, 0.05) is 0 Å². The molecule has 8 heavy (non-hydrogen) atoms. The zero-order valence-electron chi connectivity index (χ0n) is 4.15. The molecule has 0 N–H and O–H groups in total. The van der Waals surface area contributed by atoms with Gasteiger partial charge in [0.05, 0.1) is 6.04 Å². The number of hydrogen-bond donors (Lipinski definition) is 0. The summed E-state index contributed by atoms with van der Waals surface area (Å²) in [5.41, 5.74) is 0. The highest BCUT2D eigenvalue weighted by Crippen LogP contribution is 1.56.